The lowest BCUT2D eigenvalue weighted by molar-refractivity contribution is 0.0671. The minimum Gasteiger partial charge on any atom is -0.383 e. The van der Waals surface area contributed by atoms with Crippen LogP contribution in [0.5, 0.6) is 0 Å². The zero-order chi connectivity index (χ0) is 13.5. The summed E-state index contributed by atoms with van der Waals surface area (Å²) in [5.74, 6) is 0.488. The molecule has 0 saturated carbocycles. The Bertz CT molecular complexity index is 393. The molecule has 100 valence electrons. The molecule has 3 nitrogen and oxygen atoms in total. The molecule has 0 aliphatic heterocycles. The molecular formula is C14H20BrNO2. The summed E-state index contributed by atoms with van der Waals surface area (Å²) in [6, 6.07) is 7.51. The quantitative estimate of drug-likeness (QED) is 0.807. The van der Waals surface area contributed by atoms with Crippen molar-refractivity contribution in [2.24, 2.45) is 5.92 Å². The van der Waals surface area contributed by atoms with Crippen LogP contribution in [0.25, 0.3) is 0 Å². The summed E-state index contributed by atoms with van der Waals surface area (Å²) >= 11 is 3.42. The molecule has 0 N–H and O–H groups in total. The second-order valence-corrected chi connectivity index (χ2v) is 5.47. The van der Waals surface area contributed by atoms with Crippen LogP contribution in [-0.2, 0) is 4.74 Å². The predicted octanol–water partition coefficient (Wildman–Crippen LogP) is 3.19. The summed E-state index contributed by atoms with van der Waals surface area (Å²) in [7, 11) is 1.65. The number of carbonyl (C=O) groups excluding carboxylic acids is 1. The van der Waals surface area contributed by atoms with E-state index in [4.69, 9.17) is 4.74 Å². The van der Waals surface area contributed by atoms with Crippen LogP contribution in [0, 0.1) is 5.92 Å². The van der Waals surface area contributed by atoms with Gasteiger partial charge in [0.2, 0.25) is 0 Å². The number of hydrogen-bond donors (Lipinski definition) is 0. The van der Waals surface area contributed by atoms with E-state index in [0.29, 0.717) is 24.6 Å². The van der Waals surface area contributed by atoms with Crippen LogP contribution in [0.2, 0.25) is 0 Å². The third kappa shape index (κ3) is 4.42. The number of halogens is 1. The van der Waals surface area contributed by atoms with Crippen molar-refractivity contribution in [3.05, 3.63) is 34.3 Å². The van der Waals surface area contributed by atoms with Crippen molar-refractivity contribution in [2.75, 3.05) is 26.8 Å². The summed E-state index contributed by atoms with van der Waals surface area (Å²) in [4.78, 5) is 14.3. The Balaban J connectivity index is 2.84. The van der Waals surface area contributed by atoms with E-state index in [-0.39, 0.29) is 5.91 Å². The standard InChI is InChI=1S/C14H20BrNO2/c1-11(2)10-16(8-9-18-3)14(17)12-6-4-5-7-13(12)15/h4-7,11H,8-10H2,1-3H3. The lowest BCUT2D eigenvalue weighted by Crippen LogP contribution is -2.36. The van der Waals surface area contributed by atoms with E-state index in [2.05, 4.69) is 29.8 Å². The van der Waals surface area contributed by atoms with Gasteiger partial charge in [-0.15, -0.1) is 0 Å². The van der Waals surface area contributed by atoms with Crippen LogP contribution in [0.15, 0.2) is 28.7 Å². The molecule has 0 saturated heterocycles. The van der Waals surface area contributed by atoms with Gasteiger partial charge in [0.05, 0.1) is 12.2 Å². The van der Waals surface area contributed by atoms with Gasteiger partial charge in [-0.25, -0.2) is 0 Å². The van der Waals surface area contributed by atoms with Gasteiger partial charge in [-0.1, -0.05) is 26.0 Å². The molecule has 0 bridgehead atoms. The van der Waals surface area contributed by atoms with Gasteiger partial charge in [0.1, 0.15) is 0 Å². The third-order valence-electron chi connectivity index (χ3n) is 2.54. The highest BCUT2D eigenvalue weighted by atomic mass is 79.9. The molecule has 0 aromatic heterocycles. The first-order valence-corrected chi connectivity index (χ1v) is 6.88. The number of carbonyl (C=O) groups is 1. The number of nitrogens with zero attached hydrogens (tertiary/aromatic N) is 1. The monoisotopic (exact) mass is 313 g/mol. The molecule has 1 aromatic rings. The summed E-state index contributed by atoms with van der Waals surface area (Å²) in [6.07, 6.45) is 0. The van der Waals surface area contributed by atoms with Gasteiger partial charge in [0.15, 0.2) is 0 Å². The molecule has 0 atom stereocenters. The average Bonchev–Trinajstić information content (AvgIpc) is 2.34. The molecule has 18 heavy (non-hydrogen) atoms. The summed E-state index contributed by atoms with van der Waals surface area (Å²) < 4.78 is 5.90. The van der Waals surface area contributed by atoms with Crippen LogP contribution in [0.3, 0.4) is 0 Å². The van der Waals surface area contributed by atoms with Gasteiger partial charge in [-0.3, -0.25) is 4.79 Å². The fourth-order valence-electron chi connectivity index (χ4n) is 1.72. The maximum absolute atomic E-state index is 12.4. The number of benzene rings is 1. The molecule has 1 amide bonds. The van der Waals surface area contributed by atoms with Gasteiger partial charge < -0.3 is 9.64 Å². The Morgan fingerprint density at radius 2 is 2.06 bits per heavy atom. The Labute approximate surface area is 117 Å². The van der Waals surface area contributed by atoms with Gasteiger partial charge in [-0.2, -0.15) is 0 Å². The molecule has 0 spiro atoms. The lowest BCUT2D eigenvalue weighted by atomic mass is 10.1. The van der Waals surface area contributed by atoms with E-state index in [9.17, 15) is 4.79 Å². The van der Waals surface area contributed by atoms with Crippen molar-refractivity contribution in [1.82, 2.24) is 4.90 Å². The van der Waals surface area contributed by atoms with Gasteiger partial charge in [0.25, 0.3) is 5.91 Å². The Morgan fingerprint density at radius 3 is 2.61 bits per heavy atom. The van der Waals surface area contributed by atoms with Crippen molar-refractivity contribution >= 4 is 21.8 Å². The van der Waals surface area contributed by atoms with Crippen LogP contribution >= 0.6 is 15.9 Å². The first-order valence-electron chi connectivity index (χ1n) is 6.09. The van der Waals surface area contributed by atoms with E-state index in [1.165, 1.54) is 0 Å². The zero-order valence-electron chi connectivity index (χ0n) is 11.1. The van der Waals surface area contributed by atoms with E-state index in [0.717, 1.165) is 11.0 Å². The number of methoxy groups -OCH3 is 1. The van der Waals surface area contributed by atoms with Crippen molar-refractivity contribution < 1.29 is 9.53 Å². The largest absolute Gasteiger partial charge is 0.383 e. The van der Waals surface area contributed by atoms with E-state index in [1.54, 1.807) is 7.11 Å². The SMILES string of the molecule is COCCN(CC(C)C)C(=O)c1ccccc1Br. The lowest BCUT2D eigenvalue weighted by Gasteiger charge is -2.24. The molecular weight excluding hydrogens is 294 g/mol. The molecule has 1 aromatic carbocycles. The minimum atomic E-state index is 0.0493. The van der Waals surface area contributed by atoms with Crippen LogP contribution in [0.1, 0.15) is 24.2 Å². The normalized spacial score (nSPS) is 10.7. The van der Waals surface area contributed by atoms with E-state index >= 15 is 0 Å². The maximum Gasteiger partial charge on any atom is 0.255 e. The first-order chi connectivity index (χ1) is 8.56. The van der Waals surface area contributed by atoms with Crippen LogP contribution in [-0.4, -0.2) is 37.6 Å². The fourth-order valence-corrected chi connectivity index (χ4v) is 2.18. The molecule has 0 heterocycles. The number of hydrogen-bond acceptors (Lipinski definition) is 2. The van der Waals surface area contributed by atoms with Gasteiger partial charge in [0, 0.05) is 24.7 Å². The van der Waals surface area contributed by atoms with Crippen molar-refractivity contribution in [1.29, 1.82) is 0 Å². The van der Waals surface area contributed by atoms with Crippen molar-refractivity contribution in [2.45, 2.75) is 13.8 Å². The van der Waals surface area contributed by atoms with Gasteiger partial charge >= 0.3 is 0 Å². The Hall–Kier alpha value is -0.870. The van der Waals surface area contributed by atoms with Crippen molar-refractivity contribution in [3.63, 3.8) is 0 Å². The average molecular weight is 314 g/mol. The van der Waals surface area contributed by atoms with Gasteiger partial charge in [-0.05, 0) is 34.0 Å². The summed E-state index contributed by atoms with van der Waals surface area (Å²) in [6.45, 7) is 6.13. The second-order valence-electron chi connectivity index (χ2n) is 4.62. The summed E-state index contributed by atoms with van der Waals surface area (Å²) in [5.41, 5.74) is 0.703. The molecule has 0 unspecified atom stereocenters. The van der Waals surface area contributed by atoms with E-state index in [1.807, 2.05) is 29.2 Å². The molecule has 0 aliphatic carbocycles. The zero-order valence-corrected chi connectivity index (χ0v) is 12.7. The van der Waals surface area contributed by atoms with E-state index < -0.39 is 0 Å². The number of rotatable bonds is 6. The second kappa shape index (κ2) is 7.54. The maximum atomic E-state index is 12.4. The van der Waals surface area contributed by atoms with Crippen LogP contribution < -0.4 is 0 Å². The van der Waals surface area contributed by atoms with Crippen LogP contribution in [0.4, 0.5) is 0 Å². The highest BCUT2D eigenvalue weighted by Crippen LogP contribution is 2.18. The molecule has 0 fully saturated rings. The highest BCUT2D eigenvalue weighted by molar-refractivity contribution is 9.10. The van der Waals surface area contributed by atoms with Crippen molar-refractivity contribution in [3.8, 4) is 0 Å². The Kier molecular flexibility index (Phi) is 6.36. The molecule has 0 aliphatic rings. The minimum absolute atomic E-state index is 0.0493. The Morgan fingerprint density at radius 1 is 1.39 bits per heavy atom. The number of ether oxygens (including phenoxy) is 1. The molecule has 1 rings (SSSR count). The fraction of sp³-hybridized carbons (Fsp3) is 0.500. The molecule has 0 radical (unpaired) electrons. The highest BCUT2D eigenvalue weighted by Gasteiger charge is 2.18. The first kappa shape index (κ1) is 15.2. The predicted molar refractivity (Wildman–Crippen MR) is 76.8 cm³/mol. The number of amides is 1. The smallest absolute Gasteiger partial charge is 0.255 e. The summed E-state index contributed by atoms with van der Waals surface area (Å²) in [5, 5.41) is 0. The topological polar surface area (TPSA) is 29.5 Å². The molecule has 4 heteroatoms. The third-order valence-corrected chi connectivity index (χ3v) is 3.23.